The smallest absolute Gasteiger partial charge is 0.252 e. The van der Waals surface area contributed by atoms with E-state index in [2.05, 4.69) is 15.9 Å². The maximum absolute atomic E-state index is 10.7. The topological polar surface area (TPSA) is 63.3 Å². The average Bonchev–Trinajstić information content (AvgIpc) is 1.96. The Labute approximate surface area is 82.3 Å². The summed E-state index contributed by atoms with van der Waals surface area (Å²) in [4.78, 5) is 10.7. The highest BCUT2D eigenvalue weighted by atomic mass is 79.9. The monoisotopic (exact) mass is 249 g/mol. The molecule has 0 aromatic heterocycles. The van der Waals surface area contributed by atoms with E-state index < -0.39 is 5.91 Å². The lowest BCUT2D eigenvalue weighted by molar-refractivity contribution is 0.0997. The van der Waals surface area contributed by atoms with Crippen molar-refractivity contribution in [2.45, 2.75) is 0 Å². The van der Waals surface area contributed by atoms with Crippen LogP contribution in [0.15, 0.2) is 16.6 Å². The van der Waals surface area contributed by atoms with Crippen LogP contribution in [0.25, 0.3) is 0 Å². The van der Waals surface area contributed by atoms with Gasteiger partial charge in [0.15, 0.2) is 0 Å². The highest BCUT2D eigenvalue weighted by molar-refractivity contribution is 9.10. The van der Waals surface area contributed by atoms with Gasteiger partial charge in [0.2, 0.25) is 0 Å². The van der Waals surface area contributed by atoms with Gasteiger partial charge < -0.3 is 10.8 Å². The molecule has 1 amide bonds. The molecule has 1 aromatic carbocycles. The predicted molar refractivity (Wildman–Crippen MR) is 49.3 cm³/mol. The third-order valence-electron chi connectivity index (χ3n) is 1.29. The number of benzene rings is 1. The quantitative estimate of drug-likeness (QED) is 0.800. The summed E-state index contributed by atoms with van der Waals surface area (Å²) in [6, 6.07) is 2.88. The van der Waals surface area contributed by atoms with Crippen molar-refractivity contribution >= 4 is 33.4 Å². The summed E-state index contributed by atoms with van der Waals surface area (Å²) in [7, 11) is 0. The number of primary amides is 1. The van der Waals surface area contributed by atoms with Crippen molar-refractivity contribution in [3.05, 3.63) is 27.2 Å². The first-order chi connectivity index (χ1) is 5.52. The van der Waals surface area contributed by atoms with E-state index >= 15 is 0 Å². The van der Waals surface area contributed by atoms with Gasteiger partial charge in [0.25, 0.3) is 5.91 Å². The van der Waals surface area contributed by atoms with Crippen LogP contribution >= 0.6 is 27.5 Å². The van der Waals surface area contributed by atoms with Gasteiger partial charge >= 0.3 is 0 Å². The van der Waals surface area contributed by atoms with E-state index in [1.807, 2.05) is 0 Å². The molecule has 0 aliphatic carbocycles. The SMILES string of the molecule is NC(=O)c1cc(Br)cc(Cl)c1O. The molecule has 0 saturated heterocycles. The first kappa shape index (κ1) is 9.35. The Kier molecular flexibility index (Phi) is 2.59. The molecular weight excluding hydrogens is 245 g/mol. The molecule has 64 valence electrons. The fourth-order valence-corrected chi connectivity index (χ4v) is 1.56. The molecule has 3 nitrogen and oxygen atoms in total. The Hall–Kier alpha value is -0.740. The molecule has 0 spiro atoms. The second kappa shape index (κ2) is 3.33. The molecule has 0 aliphatic rings. The van der Waals surface area contributed by atoms with Crippen molar-refractivity contribution in [3.8, 4) is 5.75 Å². The molecule has 0 bridgehead atoms. The zero-order chi connectivity index (χ0) is 9.30. The molecule has 0 heterocycles. The van der Waals surface area contributed by atoms with E-state index in [1.54, 1.807) is 0 Å². The molecule has 0 atom stereocenters. The van der Waals surface area contributed by atoms with Gasteiger partial charge in [0.05, 0.1) is 10.6 Å². The second-order valence-electron chi connectivity index (χ2n) is 2.15. The number of halogens is 2. The van der Waals surface area contributed by atoms with Crippen LogP contribution < -0.4 is 5.73 Å². The molecule has 1 rings (SSSR count). The van der Waals surface area contributed by atoms with Gasteiger partial charge in [-0.25, -0.2) is 0 Å². The van der Waals surface area contributed by atoms with E-state index in [1.165, 1.54) is 12.1 Å². The number of hydrogen-bond donors (Lipinski definition) is 2. The van der Waals surface area contributed by atoms with E-state index in [-0.39, 0.29) is 16.3 Å². The summed E-state index contributed by atoms with van der Waals surface area (Å²) in [6.07, 6.45) is 0. The van der Waals surface area contributed by atoms with Gasteiger partial charge in [0, 0.05) is 4.47 Å². The molecule has 1 aromatic rings. The van der Waals surface area contributed by atoms with Crippen molar-refractivity contribution in [2.24, 2.45) is 5.73 Å². The van der Waals surface area contributed by atoms with Crippen molar-refractivity contribution in [3.63, 3.8) is 0 Å². The van der Waals surface area contributed by atoms with E-state index in [4.69, 9.17) is 17.3 Å². The van der Waals surface area contributed by atoms with Gasteiger partial charge in [-0.15, -0.1) is 0 Å². The van der Waals surface area contributed by atoms with Crippen molar-refractivity contribution < 1.29 is 9.90 Å². The number of rotatable bonds is 1. The Morgan fingerprint density at radius 2 is 2.17 bits per heavy atom. The van der Waals surface area contributed by atoms with Crippen molar-refractivity contribution in [1.82, 2.24) is 0 Å². The molecule has 0 radical (unpaired) electrons. The van der Waals surface area contributed by atoms with Crippen LogP contribution in [0, 0.1) is 0 Å². The zero-order valence-corrected chi connectivity index (χ0v) is 8.19. The zero-order valence-electron chi connectivity index (χ0n) is 5.84. The molecule has 0 saturated carbocycles. The lowest BCUT2D eigenvalue weighted by Gasteiger charge is -2.02. The van der Waals surface area contributed by atoms with Crippen LogP contribution in [-0.2, 0) is 0 Å². The summed E-state index contributed by atoms with van der Waals surface area (Å²) in [6.45, 7) is 0. The van der Waals surface area contributed by atoms with E-state index in [9.17, 15) is 9.90 Å². The minimum absolute atomic E-state index is 0.00868. The number of phenols is 1. The van der Waals surface area contributed by atoms with Crippen molar-refractivity contribution in [2.75, 3.05) is 0 Å². The number of aromatic hydroxyl groups is 1. The molecule has 12 heavy (non-hydrogen) atoms. The van der Waals surface area contributed by atoms with Crippen LogP contribution in [0.3, 0.4) is 0 Å². The number of hydrogen-bond acceptors (Lipinski definition) is 2. The number of carbonyl (C=O) groups excluding carboxylic acids is 1. The number of carbonyl (C=O) groups is 1. The summed E-state index contributed by atoms with van der Waals surface area (Å²) in [5.41, 5.74) is 4.98. The van der Waals surface area contributed by atoms with Crippen LogP contribution in [-0.4, -0.2) is 11.0 Å². The molecule has 0 unspecified atom stereocenters. The second-order valence-corrected chi connectivity index (χ2v) is 3.47. The van der Waals surface area contributed by atoms with Crippen molar-refractivity contribution in [1.29, 1.82) is 0 Å². The summed E-state index contributed by atoms with van der Waals surface area (Å²) in [5.74, 6) is -0.997. The third-order valence-corrected chi connectivity index (χ3v) is 2.04. The van der Waals surface area contributed by atoms with Crippen LogP contribution in [0.5, 0.6) is 5.75 Å². The largest absolute Gasteiger partial charge is 0.506 e. The molecular formula is C7H5BrClNO2. The fourth-order valence-electron chi connectivity index (χ4n) is 0.754. The maximum atomic E-state index is 10.7. The Morgan fingerprint density at radius 3 is 2.67 bits per heavy atom. The number of amides is 1. The standard InChI is InChI=1S/C7H5BrClNO2/c8-3-1-4(7(10)12)6(11)5(9)2-3/h1-2,11H,(H2,10,12). The summed E-state index contributed by atoms with van der Waals surface area (Å²) in [5, 5.41) is 9.33. The molecule has 0 aliphatic heterocycles. The van der Waals surface area contributed by atoms with Crippen LogP contribution in [0.1, 0.15) is 10.4 Å². The van der Waals surface area contributed by atoms with Gasteiger partial charge in [0.1, 0.15) is 5.75 Å². The lowest BCUT2D eigenvalue weighted by Crippen LogP contribution is -2.11. The Bertz CT molecular complexity index is 340. The molecule has 3 N–H and O–H groups in total. The lowest BCUT2D eigenvalue weighted by atomic mass is 10.2. The fraction of sp³-hybridized carbons (Fsp3) is 0. The minimum atomic E-state index is -0.712. The first-order valence-electron chi connectivity index (χ1n) is 3.00. The molecule has 5 heteroatoms. The third kappa shape index (κ3) is 1.70. The highest BCUT2D eigenvalue weighted by Crippen LogP contribution is 2.30. The van der Waals surface area contributed by atoms with Crippen LogP contribution in [0.2, 0.25) is 5.02 Å². The van der Waals surface area contributed by atoms with Gasteiger partial charge in [-0.05, 0) is 12.1 Å². The predicted octanol–water partition coefficient (Wildman–Crippen LogP) is 1.91. The van der Waals surface area contributed by atoms with Gasteiger partial charge in [-0.3, -0.25) is 4.79 Å². The Balaban J connectivity index is 3.37. The number of nitrogens with two attached hydrogens (primary N) is 1. The van der Waals surface area contributed by atoms with E-state index in [0.717, 1.165) is 0 Å². The highest BCUT2D eigenvalue weighted by Gasteiger charge is 2.11. The van der Waals surface area contributed by atoms with Gasteiger partial charge in [-0.1, -0.05) is 27.5 Å². The maximum Gasteiger partial charge on any atom is 0.252 e. The normalized spacial score (nSPS) is 9.83. The first-order valence-corrected chi connectivity index (χ1v) is 4.17. The summed E-state index contributed by atoms with van der Waals surface area (Å²) >= 11 is 8.69. The van der Waals surface area contributed by atoms with Gasteiger partial charge in [-0.2, -0.15) is 0 Å². The van der Waals surface area contributed by atoms with E-state index in [0.29, 0.717) is 4.47 Å². The Morgan fingerprint density at radius 1 is 1.58 bits per heavy atom. The average molecular weight is 250 g/mol. The molecule has 0 fully saturated rings. The minimum Gasteiger partial charge on any atom is -0.506 e. The summed E-state index contributed by atoms with van der Waals surface area (Å²) < 4.78 is 0.596. The van der Waals surface area contributed by atoms with Crippen LogP contribution in [0.4, 0.5) is 0 Å².